The minimum atomic E-state index is 0.363. The molecule has 0 amide bonds. The van der Waals surface area contributed by atoms with Crippen LogP contribution in [0, 0.1) is 0 Å². The molecule has 2 aromatic rings. The molecule has 0 fully saturated rings. The zero-order valence-electron chi connectivity index (χ0n) is 12.7. The Morgan fingerprint density at radius 2 is 1.64 bits per heavy atom. The molecular weight excluding hydrogens is 284 g/mol. The van der Waals surface area contributed by atoms with Gasteiger partial charge in [0.05, 0.1) is 21.3 Å². The van der Waals surface area contributed by atoms with Gasteiger partial charge in [0, 0.05) is 6.07 Å². The fraction of sp³-hybridized carbons (Fsp3) is 0.200. The zero-order valence-corrected chi connectivity index (χ0v) is 12.7. The Morgan fingerprint density at radius 3 is 2.18 bits per heavy atom. The average molecular weight is 302 g/mol. The van der Waals surface area contributed by atoms with E-state index in [2.05, 4.69) is 15.4 Å². The van der Waals surface area contributed by atoms with Gasteiger partial charge in [-0.05, 0) is 18.2 Å². The first-order chi connectivity index (χ1) is 10.7. The van der Waals surface area contributed by atoms with Crippen LogP contribution in [0.2, 0.25) is 0 Å². The van der Waals surface area contributed by atoms with Gasteiger partial charge in [-0.2, -0.15) is 5.10 Å². The van der Waals surface area contributed by atoms with Crippen LogP contribution in [0.25, 0.3) is 0 Å². The molecule has 22 heavy (non-hydrogen) atoms. The van der Waals surface area contributed by atoms with Gasteiger partial charge in [-0.15, -0.1) is 0 Å². The number of hydrogen-bond acceptors (Lipinski definition) is 6. The minimum absolute atomic E-state index is 0.363. The molecule has 0 atom stereocenters. The lowest BCUT2D eigenvalue weighted by Gasteiger charge is -2.15. The number of amidine groups is 1. The van der Waals surface area contributed by atoms with Crippen LogP contribution in [-0.2, 0) is 0 Å². The van der Waals surface area contributed by atoms with E-state index < -0.39 is 0 Å². The Labute approximate surface area is 128 Å². The zero-order chi connectivity index (χ0) is 15.9. The Kier molecular flexibility index (Phi) is 5.02. The van der Waals surface area contributed by atoms with Crippen molar-refractivity contribution in [1.29, 1.82) is 0 Å². The first kappa shape index (κ1) is 15.4. The predicted molar refractivity (Wildman–Crippen MR) is 84.7 cm³/mol. The third kappa shape index (κ3) is 3.20. The second-order valence-electron chi connectivity index (χ2n) is 4.21. The van der Waals surface area contributed by atoms with Crippen molar-refractivity contribution in [1.82, 2.24) is 4.98 Å². The fourth-order valence-electron chi connectivity index (χ4n) is 1.92. The van der Waals surface area contributed by atoms with E-state index in [4.69, 9.17) is 20.1 Å². The van der Waals surface area contributed by atoms with Crippen molar-refractivity contribution in [3.63, 3.8) is 0 Å². The van der Waals surface area contributed by atoms with E-state index in [1.807, 2.05) is 6.07 Å². The highest BCUT2D eigenvalue weighted by atomic mass is 16.5. The van der Waals surface area contributed by atoms with Crippen molar-refractivity contribution >= 4 is 11.5 Å². The van der Waals surface area contributed by atoms with E-state index in [-0.39, 0.29) is 0 Å². The second-order valence-corrected chi connectivity index (χ2v) is 4.21. The van der Waals surface area contributed by atoms with Gasteiger partial charge in [0.2, 0.25) is 5.88 Å². The number of benzene rings is 1. The summed E-state index contributed by atoms with van der Waals surface area (Å²) >= 11 is 0. The summed E-state index contributed by atoms with van der Waals surface area (Å²) in [6.07, 6.45) is 0. The summed E-state index contributed by atoms with van der Waals surface area (Å²) in [7, 11) is 4.69. The standard InChI is InChI=1S/C15H18N4O3/c1-20-11-7-5-8-12(21-2)14(11)18-15(19-16)10-6-4-9-13(17-10)22-3/h4-9H,16H2,1-3H3,(H,18,19). The predicted octanol–water partition coefficient (Wildman–Crippen LogP) is 1.84. The molecule has 1 heterocycles. The van der Waals surface area contributed by atoms with Gasteiger partial charge in [-0.25, -0.2) is 4.98 Å². The SMILES string of the molecule is COc1cccc(/C(=N\N)Nc2c(OC)cccc2OC)n1. The molecule has 0 radical (unpaired) electrons. The second kappa shape index (κ2) is 7.16. The average Bonchev–Trinajstić information content (AvgIpc) is 2.59. The number of nitrogens with one attached hydrogen (secondary N) is 1. The maximum atomic E-state index is 5.49. The molecule has 0 bridgehead atoms. The van der Waals surface area contributed by atoms with Gasteiger partial charge < -0.3 is 25.4 Å². The monoisotopic (exact) mass is 302 g/mol. The van der Waals surface area contributed by atoms with E-state index >= 15 is 0 Å². The Bertz CT molecular complexity index is 651. The quantitative estimate of drug-likeness (QED) is 0.379. The number of aromatic nitrogens is 1. The number of ether oxygens (including phenoxy) is 3. The van der Waals surface area contributed by atoms with E-state index in [0.29, 0.717) is 34.6 Å². The number of methoxy groups -OCH3 is 3. The van der Waals surface area contributed by atoms with E-state index in [1.54, 1.807) is 51.7 Å². The molecule has 0 aliphatic rings. The molecule has 7 nitrogen and oxygen atoms in total. The van der Waals surface area contributed by atoms with Crippen LogP contribution in [0.3, 0.4) is 0 Å². The molecule has 3 N–H and O–H groups in total. The first-order valence-corrected chi connectivity index (χ1v) is 6.50. The molecular formula is C15H18N4O3. The molecule has 0 saturated heterocycles. The third-order valence-corrected chi connectivity index (χ3v) is 2.98. The van der Waals surface area contributed by atoms with Crippen LogP contribution in [0.1, 0.15) is 5.69 Å². The van der Waals surface area contributed by atoms with Crippen molar-refractivity contribution in [2.75, 3.05) is 26.6 Å². The topological polar surface area (TPSA) is 91.0 Å². The maximum absolute atomic E-state index is 5.49. The lowest BCUT2D eigenvalue weighted by atomic mass is 10.2. The van der Waals surface area contributed by atoms with Gasteiger partial charge >= 0.3 is 0 Å². The van der Waals surface area contributed by atoms with E-state index in [1.165, 1.54) is 0 Å². The van der Waals surface area contributed by atoms with Crippen LogP contribution >= 0.6 is 0 Å². The van der Waals surface area contributed by atoms with Crippen LogP contribution in [0.4, 0.5) is 5.69 Å². The highest BCUT2D eigenvalue weighted by Crippen LogP contribution is 2.34. The molecule has 0 spiro atoms. The maximum Gasteiger partial charge on any atom is 0.213 e. The highest BCUT2D eigenvalue weighted by Gasteiger charge is 2.14. The number of para-hydroxylation sites is 1. The third-order valence-electron chi connectivity index (χ3n) is 2.98. The molecule has 116 valence electrons. The molecule has 2 rings (SSSR count). The van der Waals surface area contributed by atoms with Crippen molar-refractivity contribution < 1.29 is 14.2 Å². The smallest absolute Gasteiger partial charge is 0.213 e. The molecule has 1 aromatic carbocycles. The number of anilines is 1. The first-order valence-electron chi connectivity index (χ1n) is 6.50. The van der Waals surface area contributed by atoms with Gasteiger partial charge in [-0.1, -0.05) is 12.1 Å². The number of hydrazone groups is 1. The van der Waals surface area contributed by atoms with Gasteiger partial charge in [0.25, 0.3) is 0 Å². The van der Waals surface area contributed by atoms with Crippen LogP contribution < -0.4 is 25.4 Å². The lowest BCUT2D eigenvalue weighted by Crippen LogP contribution is -2.18. The summed E-state index contributed by atoms with van der Waals surface area (Å²) in [6.45, 7) is 0. The number of rotatable bonds is 5. The summed E-state index contributed by atoms with van der Waals surface area (Å²) in [5.74, 6) is 7.52. The fourth-order valence-corrected chi connectivity index (χ4v) is 1.92. The normalized spacial score (nSPS) is 11.0. The van der Waals surface area contributed by atoms with Gasteiger partial charge in [0.1, 0.15) is 22.9 Å². The molecule has 1 aromatic heterocycles. The summed E-state index contributed by atoms with van der Waals surface area (Å²) in [4.78, 5) is 4.29. The van der Waals surface area contributed by atoms with E-state index in [0.717, 1.165) is 0 Å². The van der Waals surface area contributed by atoms with Gasteiger partial charge in [0.15, 0.2) is 5.84 Å². The molecule has 7 heteroatoms. The number of nitrogens with zero attached hydrogens (tertiary/aromatic N) is 2. The molecule has 0 saturated carbocycles. The van der Waals surface area contributed by atoms with E-state index in [9.17, 15) is 0 Å². The van der Waals surface area contributed by atoms with Crippen LogP contribution in [0.15, 0.2) is 41.5 Å². The summed E-state index contributed by atoms with van der Waals surface area (Å²) in [5, 5.41) is 6.85. The van der Waals surface area contributed by atoms with Crippen LogP contribution in [-0.4, -0.2) is 32.1 Å². The number of hydrogen-bond donors (Lipinski definition) is 2. The van der Waals surface area contributed by atoms with Crippen molar-refractivity contribution in [2.24, 2.45) is 10.9 Å². The molecule has 0 aliphatic carbocycles. The molecule has 0 unspecified atom stereocenters. The highest BCUT2D eigenvalue weighted by molar-refractivity contribution is 6.08. The molecule has 0 aliphatic heterocycles. The Hall–Kier alpha value is -2.96. The summed E-state index contributed by atoms with van der Waals surface area (Å²) in [6, 6.07) is 10.7. The van der Waals surface area contributed by atoms with Crippen LogP contribution in [0.5, 0.6) is 17.4 Å². The lowest BCUT2D eigenvalue weighted by molar-refractivity contribution is 0.397. The number of nitrogens with two attached hydrogens (primary N) is 1. The Morgan fingerprint density at radius 1 is 1.00 bits per heavy atom. The minimum Gasteiger partial charge on any atom is -0.494 e. The van der Waals surface area contributed by atoms with Gasteiger partial charge in [-0.3, -0.25) is 0 Å². The summed E-state index contributed by atoms with van der Waals surface area (Å²) < 4.78 is 15.8. The van der Waals surface area contributed by atoms with Crippen molar-refractivity contribution in [2.45, 2.75) is 0 Å². The summed E-state index contributed by atoms with van der Waals surface area (Å²) in [5.41, 5.74) is 1.15. The largest absolute Gasteiger partial charge is 0.494 e. The number of pyridine rings is 1. The Balaban J connectivity index is 2.39. The van der Waals surface area contributed by atoms with Crippen molar-refractivity contribution in [3.8, 4) is 17.4 Å². The van der Waals surface area contributed by atoms with Crippen molar-refractivity contribution in [3.05, 3.63) is 42.1 Å².